The van der Waals surface area contributed by atoms with Crippen LogP contribution in [0, 0.1) is 34.5 Å². The van der Waals surface area contributed by atoms with Crippen molar-refractivity contribution in [2.24, 2.45) is 34.5 Å². The summed E-state index contributed by atoms with van der Waals surface area (Å²) in [5.74, 6) is 3.41. The standard InChI is InChI=1S/C21H28O.3C2H6.C2H4/c1-13-11-19-17-6-5-15-12-16(22)7-9-21(15,4)18(17)8-10-20(19,3)14(13)2;4*1-2/h7-9,12-14,17,19H,5-6,10-11H2,1-4H3;3*1-2H3;1-2H2. The van der Waals surface area contributed by atoms with Crippen LogP contribution in [-0.4, -0.2) is 5.78 Å². The summed E-state index contributed by atoms with van der Waals surface area (Å²) >= 11 is 0. The Kier molecular flexibility index (Phi) is 11.9. The molecule has 0 aromatic heterocycles. The van der Waals surface area contributed by atoms with Crippen LogP contribution in [0.25, 0.3) is 0 Å². The average molecular weight is 415 g/mol. The lowest BCUT2D eigenvalue weighted by atomic mass is 9.52. The molecule has 6 unspecified atom stereocenters. The van der Waals surface area contributed by atoms with Gasteiger partial charge < -0.3 is 0 Å². The fourth-order valence-corrected chi connectivity index (χ4v) is 6.12. The lowest BCUT2D eigenvalue weighted by molar-refractivity contribution is -0.110. The monoisotopic (exact) mass is 414 g/mol. The molecule has 6 atom stereocenters. The summed E-state index contributed by atoms with van der Waals surface area (Å²) in [5.41, 5.74) is 3.48. The van der Waals surface area contributed by atoms with Crippen molar-refractivity contribution in [1.82, 2.24) is 0 Å². The number of carbonyl (C=O) groups is 1. The van der Waals surface area contributed by atoms with Gasteiger partial charge in [-0.15, -0.1) is 13.2 Å². The molecule has 0 amide bonds. The maximum atomic E-state index is 11.8. The third-order valence-corrected chi connectivity index (χ3v) is 7.90. The number of fused-ring (bicyclic) bond motifs is 5. The first kappa shape index (κ1) is 28.6. The van der Waals surface area contributed by atoms with Crippen molar-refractivity contribution in [2.75, 3.05) is 0 Å². The second-order valence-electron chi connectivity index (χ2n) is 8.73. The van der Waals surface area contributed by atoms with Crippen LogP contribution in [0.4, 0.5) is 0 Å². The largest absolute Gasteiger partial charge is 0.290 e. The van der Waals surface area contributed by atoms with E-state index < -0.39 is 0 Å². The number of hydrogen-bond acceptors (Lipinski definition) is 1. The van der Waals surface area contributed by atoms with Crippen LogP contribution in [-0.2, 0) is 4.79 Å². The molecule has 0 bridgehead atoms. The molecule has 0 radical (unpaired) electrons. The van der Waals surface area contributed by atoms with E-state index in [0.717, 1.165) is 30.1 Å². The van der Waals surface area contributed by atoms with E-state index in [4.69, 9.17) is 0 Å². The second kappa shape index (κ2) is 12.5. The Morgan fingerprint density at radius 1 is 1.00 bits per heavy atom. The molecular formula is C29H50O. The number of carbonyl (C=O) groups excluding carboxylic acids is 1. The van der Waals surface area contributed by atoms with Gasteiger partial charge in [0.2, 0.25) is 0 Å². The zero-order chi connectivity index (χ0) is 23.7. The molecule has 0 aliphatic heterocycles. The molecule has 0 saturated heterocycles. The molecule has 2 fully saturated rings. The van der Waals surface area contributed by atoms with Crippen molar-refractivity contribution in [3.05, 3.63) is 48.6 Å². The minimum absolute atomic E-state index is 0.0211. The van der Waals surface area contributed by atoms with Crippen LogP contribution in [0.5, 0.6) is 0 Å². The fourth-order valence-electron chi connectivity index (χ4n) is 6.12. The molecular weight excluding hydrogens is 364 g/mol. The summed E-state index contributed by atoms with van der Waals surface area (Å²) in [7, 11) is 0. The molecule has 1 heteroatoms. The van der Waals surface area contributed by atoms with Gasteiger partial charge in [0.05, 0.1) is 0 Å². The van der Waals surface area contributed by atoms with Crippen LogP contribution in [0.1, 0.15) is 94.9 Å². The molecule has 2 saturated carbocycles. The third-order valence-electron chi connectivity index (χ3n) is 7.90. The summed E-state index contributed by atoms with van der Waals surface area (Å²) in [6, 6.07) is 0. The molecule has 0 heterocycles. The maximum Gasteiger partial charge on any atom is 0.178 e. The van der Waals surface area contributed by atoms with Crippen LogP contribution in [0.2, 0.25) is 0 Å². The summed E-state index contributed by atoms with van der Waals surface area (Å²) in [6.07, 6.45) is 13.4. The van der Waals surface area contributed by atoms with Crippen molar-refractivity contribution in [2.45, 2.75) is 94.9 Å². The van der Waals surface area contributed by atoms with Crippen molar-refractivity contribution in [3.63, 3.8) is 0 Å². The average Bonchev–Trinajstić information content (AvgIpc) is 3.03. The molecule has 0 N–H and O–H groups in total. The predicted molar refractivity (Wildman–Crippen MR) is 136 cm³/mol. The van der Waals surface area contributed by atoms with E-state index in [0.29, 0.717) is 5.41 Å². The first-order valence-electron chi connectivity index (χ1n) is 12.5. The molecule has 30 heavy (non-hydrogen) atoms. The first-order chi connectivity index (χ1) is 14.4. The fraction of sp³-hybridized carbons (Fsp3) is 0.690. The second-order valence-corrected chi connectivity index (χ2v) is 8.73. The van der Waals surface area contributed by atoms with Gasteiger partial charge in [0.25, 0.3) is 0 Å². The van der Waals surface area contributed by atoms with Crippen molar-refractivity contribution >= 4 is 5.78 Å². The summed E-state index contributed by atoms with van der Waals surface area (Å²) in [5, 5.41) is 0. The molecule has 0 aromatic rings. The Labute approximate surface area is 188 Å². The van der Waals surface area contributed by atoms with Crippen molar-refractivity contribution in [1.29, 1.82) is 0 Å². The van der Waals surface area contributed by atoms with E-state index in [2.05, 4.69) is 53.0 Å². The number of rotatable bonds is 0. The molecule has 4 aliphatic carbocycles. The Hall–Kier alpha value is -1.37. The van der Waals surface area contributed by atoms with Gasteiger partial charge in [0.1, 0.15) is 0 Å². The third kappa shape index (κ3) is 4.92. The highest BCUT2D eigenvalue weighted by molar-refractivity contribution is 6.01. The van der Waals surface area contributed by atoms with Gasteiger partial charge in [-0.3, -0.25) is 4.79 Å². The first-order valence-corrected chi connectivity index (χ1v) is 12.5. The van der Waals surface area contributed by atoms with Gasteiger partial charge in [-0.2, -0.15) is 0 Å². The van der Waals surface area contributed by atoms with E-state index in [9.17, 15) is 4.79 Å². The zero-order valence-electron chi connectivity index (χ0n) is 21.8. The zero-order valence-corrected chi connectivity index (χ0v) is 21.8. The molecule has 172 valence electrons. The highest BCUT2D eigenvalue weighted by Gasteiger charge is 2.56. The summed E-state index contributed by atoms with van der Waals surface area (Å²) in [6.45, 7) is 27.8. The van der Waals surface area contributed by atoms with Gasteiger partial charge in [-0.05, 0) is 73.8 Å². The molecule has 4 aliphatic rings. The lowest BCUT2D eigenvalue weighted by Gasteiger charge is -2.52. The maximum absolute atomic E-state index is 11.8. The summed E-state index contributed by atoms with van der Waals surface area (Å²) in [4.78, 5) is 11.8. The minimum atomic E-state index is 0.0211. The van der Waals surface area contributed by atoms with Gasteiger partial charge >= 0.3 is 0 Å². The Morgan fingerprint density at radius 3 is 2.13 bits per heavy atom. The smallest absolute Gasteiger partial charge is 0.178 e. The molecule has 4 rings (SSSR count). The van der Waals surface area contributed by atoms with Gasteiger partial charge in [-0.25, -0.2) is 0 Å². The number of hydrogen-bond donors (Lipinski definition) is 0. The topological polar surface area (TPSA) is 17.1 Å². The van der Waals surface area contributed by atoms with Gasteiger partial charge in [0, 0.05) is 5.41 Å². The highest BCUT2D eigenvalue weighted by atomic mass is 16.1. The SMILES string of the molecule is C=C.CC.CC.CC.CC1CC2C3CCC4=CC(=O)C=CC4(C)C3=CCC2(C)C1C. The van der Waals surface area contributed by atoms with E-state index in [1.54, 1.807) is 11.6 Å². The molecule has 1 nitrogen and oxygen atoms in total. The van der Waals surface area contributed by atoms with E-state index in [-0.39, 0.29) is 11.2 Å². The summed E-state index contributed by atoms with van der Waals surface area (Å²) < 4.78 is 0. The molecule has 0 spiro atoms. The normalized spacial score (nSPS) is 37.3. The van der Waals surface area contributed by atoms with Crippen molar-refractivity contribution in [3.8, 4) is 0 Å². The van der Waals surface area contributed by atoms with E-state index in [1.807, 2.05) is 47.6 Å². The Morgan fingerprint density at radius 2 is 1.57 bits per heavy atom. The van der Waals surface area contributed by atoms with E-state index in [1.165, 1.54) is 24.8 Å². The van der Waals surface area contributed by atoms with Crippen LogP contribution >= 0.6 is 0 Å². The quantitative estimate of drug-likeness (QED) is 0.361. The minimum Gasteiger partial charge on any atom is -0.290 e. The predicted octanol–water partition coefficient (Wildman–Crippen LogP) is 8.98. The van der Waals surface area contributed by atoms with E-state index >= 15 is 0 Å². The van der Waals surface area contributed by atoms with Crippen LogP contribution < -0.4 is 0 Å². The number of allylic oxidation sites excluding steroid dienone is 6. The van der Waals surface area contributed by atoms with Crippen molar-refractivity contribution < 1.29 is 4.79 Å². The molecule has 0 aromatic carbocycles. The Balaban J connectivity index is 0.000000948. The highest BCUT2D eigenvalue weighted by Crippen LogP contribution is 2.64. The number of ketones is 1. The Bertz CT molecular complexity index is 637. The van der Waals surface area contributed by atoms with Gasteiger partial charge in [-0.1, -0.05) is 85.6 Å². The van der Waals surface area contributed by atoms with Crippen LogP contribution in [0.3, 0.4) is 0 Å². The van der Waals surface area contributed by atoms with Gasteiger partial charge in [0.15, 0.2) is 5.78 Å². The van der Waals surface area contributed by atoms with Crippen LogP contribution in [0.15, 0.2) is 48.6 Å². The lowest BCUT2D eigenvalue weighted by Crippen LogP contribution is -2.43.